The van der Waals surface area contributed by atoms with Crippen LogP contribution in [0.5, 0.6) is 0 Å². The number of β-amino-alcohol motifs (C(OH)–C–C–N with tert-alkyl or cyclic N) is 1. The van der Waals surface area contributed by atoms with Crippen LogP contribution in [0.4, 0.5) is 0 Å². The summed E-state index contributed by atoms with van der Waals surface area (Å²) in [5, 5.41) is 12.9. The summed E-state index contributed by atoms with van der Waals surface area (Å²) in [4.78, 5) is 9.58. The van der Waals surface area contributed by atoms with Crippen molar-refractivity contribution in [1.29, 1.82) is 0 Å². The zero-order valence-electron chi connectivity index (χ0n) is 13.7. The van der Waals surface area contributed by atoms with E-state index in [-0.39, 0.29) is 6.10 Å². The first-order chi connectivity index (χ1) is 11.2. The lowest BCUT2D eigenvalue weighted by Gasteiger charge is -2.34. The Balaban J connectivity index is 1.48. The normalized spacial score (nSPS) is 18.2. The molecule has 5 heteroatoms. The van der Waals surface area contributed by atoms with Crippen molar-refractivity contribution < 1.29 is 5.11 Å². The van der Waals surface area contributed by atoms with E-state index in [1.54, 1.807) is 11.3 Å². The lowest BCUT2D eigenvalue weighted by molar-refractivity contribution is 0.0777. The van der Waals surface area contributed by atoms with Gasteiger partial charge in [0.2, 0.25) is 0 Å². The van der Waals surface area contributed by atoms with Crippen LogP contribution in [0.15, 0.2) is 35.7 Å². The fraction of sp³-hybridized carbons (Fsp3) is 0.500. The number of aromatic nitrogens is 1. The van der Waals surface area contributed by atoms with Crippen LogP contribution in [0.25, 0.3) is 0 Å². The van der Waals surface area contributed by atoms with Gasteiger partial charge < -0.3 is 5.11 Å². The number of rotatable bonds is 6. The van der Waals surface area contributed by atoms with Gasteiger partial charge in [-0.05, 0) is 12.5 Å². The maximum Gasteiger partial charge on any atom is 0.0972 e. The van der Waals surface area contributed by atoms with Crippen molar-refractivity contribution in [2.24, 2.45) is 0 Å². The summed E-state index contributed by atoms with van der Waals surface area (Å²) in [6, 6.07) is 10.5. The molecule has 1 aliphatic heterocycles. The topological polar surface area (TPSA) is 39.6 Å². The lowest BCUT2D eigenvalue weighted by atomic mass is 10.2. The summed E-state index contributed by atoms with van der Waals surface area (Å²) in [6.07, 6.45) is 0.689. The molecule has 1 saturated heterocycles. The van der Waals surface area contributed by atoms with E-state index in [1.165, 1.54) is 16.3 Å². The van der Waals surface area contributed by atoms with Gasteiger partial charge in [0.25, 0.3) is 0 Å². The molecule has 1 atom stereocenters. The number of nitrogens with zero attached hydrogens (tertiary/aromatic N) is 3. The van der Waals surface area contributed by atoms with Gasteiger partial charge in [0.05, 0.1) is 16.8 Å². The predicted molar refractivity (Wildman–Crippen MR) is 94.8 cm³/mol. The maximum atomic E-state index is 9.47. The molecule has 0 aliphatic carbocycles. The molecule has 1 N–H and O–H groups in total. The van der Waals surface area contributed by atoms with Crippen molar-refractivity contribution in [2.75, 3.05) is 32.7 Å². The molecule has 124 valence electrons. The molecule has 2 aromatic rings. The Morgan fingerprint density at radius 1 is 1.13 bits per heavy atom. The van der Waals surface area contributed by atoms with Crippen LogP contribution < -0.4 is 0 Å². The van der Waals surface area contributed by atoms with E-state index in [1.807, 2.05) is 13.0 Å². The molecule has 1 fully saturated rings. The maximum absolute atomic E-state index is 9.47. The predicted octanol–water partition coefficient (Wildman–Crippen LogP) is 2.23. The molecular weight excluding hydrogens is 306 g/mol. The third-order valence-electron chi connectivity index (χ3n) is 4.17. The van der Waals surface area contributed by atoms with Gasteiger partial charge in [0.1, 0.15) is 0 Å². The standard InChI is InChI=1S/C18H25N3OS/c1-15(22)12-20-7-9-21(10-8-20)13-17-14-23-18(19-17)11-16-5-3-2-4-6-16/h2-6,14-15,22H,7-13H2,1H3. The van der Waals surface area contributed by atoms with Crippen molar-refractivity contribution in [3.8, 4) is 0 Å². The minimum absolute atomic E-state index is 0.236. The summed E-state index contributed by atoms with van der Waals surface area (Å²) in [5.41, 5.74) is 2.50. The average Bonchev–Trinajstić information content (AvgIpc) is 2.97. The van der Waals surface area contributed by atoms with E-state index in [2.05, 4.69) is 39.4 Å². The first-order valence-corrected chi connectivity index (χ1v) is 9.17. The van der Waals surface area contributed by atoms with Gasteiger partial charge in [0, 0.05) is 51.1 Å². The highest BCUT2D eigenvalue weighted by atomic mass is 32.1. The number of aliphatic hydroxyl groups excluding tert-OH is 1. The monoisotopic (exact) mass is 331 g/mol. The van der Waals surface area contributed by atoms with Gasteiger partial charge in [-0.1, -0.05) is 30.3 Å². The Morgan fingerprint density at radius 3 is 2.52 bits per heavy atom. The smallest absolute Gasteiger partial charge is 0.0972 e. The number of thiazole rings is 1. The first-order valence-electron chi connectivity index (χ1n) is 8.29. The van der Waals surface area contributed by atoms with Crippen LogP contribution in [0.3, 0.4) is 0 Å². The molecule has 0 amide bonds. The first kappa shape index (κ1) is 16.6. The molecule has 0 spiro atoms. The molecule has 1 aliphatic rings. The molecule has 1 aromatic carbocycles. The molecule has 3 rings (SSSR count). The van der Waals surface area contributed by atoms with Crippen molar-refractivity contribution >= 4 is 11.3 Å². The Labute approximate surface area is 142 Å². The Morgan fingerprint density at radius 2 is 1.83 bits per heavy atom. The number of hydrogen-bond acceptors (Lipinski definition) is 5. The highest BCUT2D eigenvalue weighted by Gasteiger charge is 2.18. The highest BCUT2D eigenvalue weighted by molar-refractivity contribution is 7.09. The quantitative estimate of drug-likeness (QED) is 0.881. The van der Waals surface area contributed by atoms with E-state index in [4.69, 9.17) is 4.98 Å². The van der Waals surface area contributed by atoms with Crippen molar-refractivity contribution in [3.63, 3.8) is 0 Å². The number of piperazine rings is 1. The largest absolute Gasteiger partial charge is 0.392 e. The van der Waals surface area contributed by atoms with Crippen molar-refractivity contribution in [2.45, 2.75) is 26.0 Å². The van der Waals surface area contributed by atoms with Crippen LogP contribution in [-0.4, -0.2) is 58.7 Å². The van der Waals surface area contributed by atoms with Gasteiger partial charge >= 0.3 is 0 Å². The second kappa shape index (κ2) is 8.02. The van der Waals surface area contributed by atoms with Crippen LogP contribution in [0, 0.1) is 0 Å². The van der Waals surface area contributed by atoms with E-state index in [9.17, 15) is 5.11 Å². The fourth-order valence-corrected chi connectivity index (χ4v) is 3.83. The van der Waals surface area contributed by atoms with Crippen molar-refractivity contribution in [1.82, 2.24) is 14.8 Å². The second-order valence-corrected chi connectivity index (χ2v) is 7.26. The van der Waals surface area contributed by atoms with Gasteiger partial charge in [-0.15, -0.1) is 11.3 Å². The van der Waals surface area contributed by atoms with Crippen LogP contribution >= 0.6 is 11.3 Å². The van der Waals surface area contributed by atoms with Crippen LogP contribution in [0.1, 0.15) is 23.2 Å². The summed E-state index contributed by atoms with van der Waals surface area (Å²) in [5.74, 6) is 0. The van der Waals surface area contributed by atoms with E-state index in [0.29, 0.717) is 0 Å². The average molecular weight is 331 g/mol. The molecule has 0 radical (unpaired) electrons. The molecule has 0 saturated carbocycles. The number of aliphatic hydroxyl groups is 1. The second-order valence-electron chi connectivity index (χ2n) is 6.32. The minimum Gasteiger partial charge on any atom is -0.392 e. The SMILES string of the molecule is CC(O)CN1CCN(Cc2csc(Cc3ccccc3)n2)CC1. The third kappa shape index (κ3) is 5.11. The van der Waals surface area contributed by atoms with Gasteiger partial charge in [0.15, 0.2) is 0 Å². The van der Waals surface area contributed by atoms with Gasteiger partial charge in [-0.2, -0.15) is 0 Å². The molecule has 1 unspecified atom stereocenters. The fourth-order valence-electron chi connectivity index (χ4n) is 3.01. The number of benzene rings is 1. The van der Waals surface area contributed by atoms with E-state index >= 15 is 0 Å². The van der Waals surface area contributed by atoms with Crippen LogP contribution in [-0.2, 0) is 13.0 Å². The molecule has 0 bridgehead atoms. The van der Waals surface area contributed by atoms with E-state index < -0.39 is 0 Å². The molecule has 23 heavy (non-hydrogen) atoms. The van der Waals surface area contributed by atoms with Gasteiger partial charge in [-0.25, -0.2) is 4.98 Å². The third-order valence-corrected chi connectivity index (χ3v) is 5.07. The minimum atomic E-state index is -0.236. The van der Waals surface area contributed by atoms with E-state index in [0.717, 1.165) is 45.7 Å². The molecular formula is C18H25N3OS. The zero-order valence-corrected chi connectivity index (χ0v) is 14.5. The molecule has 4 nitrogen and oxygen atoms in total. The summed E-state index contributed by atoms with van der Waals surface area (Å²) in [6.45, 7) is 7.75. The highest BCUT2D eigenvalue weighted by Crippen LogP contribution is 2.16. The Kier molecular flexibility index (Phi) is 5.78. The Bertz CT molecular complexity index is 591. The summed E-state index contributed by atoms with van der Waals surface area (Å²) >= 11 is 1.76. The van der Waals surface area contributed by atoms with Gasteiger partial charge in [-0.3, -0.25) is 9.80 Å². The Hall–Kier alpha value is -1.27. The van der Waals surface area contributed by atoms with Crippen LogP contribution in [0.2, 0.25) is 0 Å². The molecule has 2 heterocycles. The summed E-state index contributed by atoms with van der Waals surface area (Å²) in [7, 11) is 0. The molecule has 1 aromatic heterocycles. The van der Waals surface area contributed by atoms with Crippen molar-refractivity contribution in [3.05, 3.63) is 52.0 Å². The summed E-state index contributed by atoms with van der Waals surface area (Å²) < 4.78 is 0. The lowest BCUT2D eigenvalue weighted by Crippen LogP contribution is -2.47. The zero-order chi connectivity index (χ0) is 16.1. The number of hydrogen-bond donors (Lipinski definition) is 1.